The van der Waals surface area contributed by atoms with Crippen molar-refractivity contribution >= 4 is 11.8 Å². The third-order valence-corrected chi connectivity index (χ3v) is 4.23. The third kappa shape index (κ3) is 0.813. The van der Waals surface area contributed by atoms with Crippen LogP contribution in [0.5, 0.6) is 0 Å². The molecule has 2 aliphatic rings. The van der Waals surface area contributed by atoms with Crippen LogP contribution in [-0.2, 0) is 0 Å². The fourth-order valence-corrected chi connectivity index (χ4v) is 3.48. The largest absolute Gasteiger partial charge is 0.161 e. The molecule has 0 amide bonds. The molecule has 1 unspecified atom stereocenters. The van der Waals surface area contributed by atoms with Gasteiger partial charge in [-0.25, -0.2) is 0 Å². The molecule has 2 fully saturated rings. The Kier molecular flexibility index (Phi) is 1.29. The van der Waals surface area contributed by atoms with E-state index in [1.165, 1.54) is 19.3 Å². The zero-order valence-corrected chi connectivity index (χ0v) is 6.84. The summed E-state index contributed by atoms with van der Waals surface area (Å²) in [6.45, 7) is 0. The molecule has 2 saturated carbocycles. The van der Waals surface area contributed by atoms with Crippen molar-refractivity contribution < 1.29 is 0 Å². The molecule has 0 N–H and O–H groups in total. The predicted molar refractivity (Wildman–Crippen MR) is 42.8 cm³/mol. The first kappa shape index (κ1) is 6.09. The van der Waals surface area contributed by atoms with Crippen LogP contribution >= 0.6 is 11.8 Å². The molecule has 0 aromatic rings. The minimum Gasteiger partial charge on any atom is -0.161 e. The second kappa shape index (κ2) is 1.91. The van der Waals surface area contributed by atoms with E-state index in [0.29, 0.717) is 0 Å². The van der Waals surface area contributed by atoms with Crippen molar-refractivity contribution in [3.05, 3.63) is 0 Å². The molecule has 9 heavy (non-hydrogen) atoms. The van der Waals surface area contributed by atoms with Crippen molar-refractivity contribution in [2.75, 3.05) is 6.26 Å². The Balaban J connectivity index is 1.97. The molecule has 52 valence electrons. The van der Waals surface area contributed by atoms with E-state index >= 15 is 0 Å². The highest BCUT2D eigenvalue weighted by atomic mass is 32.2. The Labute approximate surface area is 61.4 Å². The normalized spacial score (nSPS) is 37.7. The molecule has 1 spiro atoms. The van der Waals surface area contributed by atoms with Crippen molar-refractivity contribution in [3.8, 4) is 0 Å². The highest BCUT2D eigenvalue weighted by Crippen LogP contribution is 2.62. The smallest absolute Gasteiger partial charge is 0.0107 e. The second-order valence-corrected chi connectivity index (χ2v) is 4.54. The van der Waals surface area contributed by atoms with Gasteiger partial charge in [-0.15, -0.1) is 0 Å². The molecule has 0 bridgehead atoms. The SMILES string of the molecule is CSC1CC12CCCC2. The van der Waals surface area contributed by atoms with Gasteiger partial charge >= 0.3 is 0 Å². The zero-order chi connectivity index (χ0) is 6.32. The van der Waals surface area contributed by atoms with Crippen LogP contribution < -0.4 is 0 Å². The first-order valence-electron chi connectivity index (χ1n) is 3.90. The summed E-state index contributed by atoms with van der Waals surface area (Å²) in [4.78, 5) is 0. The molecule has 0 saturated heterocycles. The van der Waals surface area contributed by atoms with Gasteiger partial charge in [-0.2, -0.15) is 11.8 Å². The Morgan fingerprint density at radius 3 is 2.44 bits per heavy atom. The monoisotopic (exact) mass is 142 g/mol. The van der Waals surface area contributed by atoms with Crippen molar-refractivity contribution in [2.24, 2.45) is 5.41 Å². The molecule has 0 nitrogen and oxygen atoms in total. The molecule has 0 radical (unpaired) electrons. The standard InChI is InChI=1S/C8H14S/c1-9-7-6-8(7)4-2-3-5-8/h7H,2-6H2,1H3. The summed E-state index contributed by atoms with van der Waals surface area (Å²) < 4.78 is 0. The average molecular weight is 142 g/mol. The number of hydrogen-bond acceptors (Lipinski definition) is 1. The van der Waals surface area contributed by atoms with Crippen LogP contribution in [0.15, 0.2) is 0 Å². The first-order valence-corrected chi connectivity index (χ1v) is 5.19. The molecule has 2 rings (SSSR count). The second-order valence-electron chi connectivity index (χ2n) is 3.50. The quantitative estimate of drug-likeness (QED) is 0.542. The van der Waals surface area contributed by atoms with E-state index in [9.17, 15) is 0 Å². The lowest BCUT2D eigenvalue weighted by atomic mass is 10.1. The highest BCUT2D eigenvalue weighted by molar-refractivity contribution is 7.99. The maximum absolute atomic E-state index is 2.26. The van der Waals surface area contributed by atoms with Crippen LogP contribution in [0.2, 0.25) is 0 Å². The first-order chi connectivity index (χ1) is 4.37. The minimum atomic E-state index is 0.874. The van der Waals surface area contributed by atoms with Crippen molar-refractivity contribution in [1.29, 1.82) is 0 Å². The fraction of sp³-hybridized carbons (Fsp3) is 1.00. The molecule has 0 aromatic heterocycles. The molecule has 1 atom stereocenters. The lowest BCUT2D eigenvalue weighted by Crippen LogP contribution is -1.95. The van der Waals surface area contributed by atoms with E-state index in [0.717, 1.165) is 10.7 Å². The lowest BCUT2D eigenvalue weighted by molar-refractivity contribution is 0.539. The molecular weight excluding hydrogens is 128 g/mol. The van der Waals surface area contributed by atoms with Crippen molar-refractivity contribution in [3.63, 3.8) is 0 Å². The summed E-state index contributed by atoms with van der Waals surface area (Å²) in [5.41, 5.74) is 0.874. The van der Waals surface area contributed by atoms with E-state index in [1.807, 2.05) is 0 Å². The van der Waals surface area contributed by atoms with Crippen LogP contribution in [0.25, 0.3) is 0 Å². The number of rotatable bonds is 1. The van der Waals surface area contributed by atoms with E-state index in [1.54, 1.807) is 12.8 Å². The van der Waals surface area contributed by atoms with Gasteiger partial charge in [0.1, 0.15) is 0 Å². The van der Waals surface area contributed by atoms with Gasteiger partial charge in [0, 0.05) is 5.25 Å². The highest BCUT2D eigenvalue weighted by Gasteiger charge is 2.54. The molecular formula is C8H14S. The molecule has 1 heteroatoms. The Morgan fingerprint density at radius 2 is 2.00 bits per heavy atom. The van der Waals surface area contributed by atoms with Gasteiger partial charge in [0.05, 0.1) is 0 Å². The van der Waals surface area contributed by atoms with Gasteiger partial charge in [0.15, 0.2) is 0 Å². The van der Waals surface area contributed by atoms with Crippen LogP contribution in [0.4, 0.5) is 0 Å². The zero-order valence-electron chi connectivity index (χ0n) is 6.02. The van der Waals surface area contributed by atoms with Crippen LogP contribution in [-0.4, -0.2) is 11.5 Å². The number of hydrogen-bond donors (Lipinski definition) is 0. The lowest BCUT2D eigenvalue weighted by Gasteiger charge is -2.03. The topological polar surface area (TPSA) is 0 Å². The maximum atomic E-state index is 2.26. The van der Waals surface area contributed by atoms with Gasteiger partial charge < -0.3 is 0 Å². The van der Waals surface area contributed by atoms with E-state index < -0.39 is 0 Å². The predicted octanol–water partition coefficient (Wildman–Crippen LogP) is 2.68. The summed E-state index contributed by atoms with van der Waals surface area (Å²) in [7, 11) is 0. The number of thioether (sulfide) groups is 1. The van der Waals surface area contributed by atoms with E-state index in [4.69, 9.17) is 0 Å². The Morgan fingerprint density at radius 1 is 1.33 bits per heavy atom. The van der Waals surface area contributed by atoms with Gasteiger partial charge in [-0.05, 0) is 30.9 Å². The summed E-state index contributed by atoms with van der Waals surface area (Å²) in [6, 6.07) is 0. The summed E-state index contributed by atoms with van der Waals surface area (Å²) in [6.07, 6.45) is 9.90. The third-order valence-electron chi connectivity index (χ3n) is 3.00. The maximum Gasteiger partial charge on any atom is 0.0107 e. The summed E-state index contributed by atoms with van der Waals surface area (Å²) >= 11 is 2.09. The van der Waals surface area contributed by atoms with E-state index in [-0.39, 0.29) is 0 Å². The van der Waals surface area contributed by atoms with Crippen molar-refractivity contribution in [1.82, 2.24) is 0 Å². The molecule has 0 aliphatic heterocycles. The van der Waals surface area contributed by atoms with E-state index in [2.05, 4.69) is 18.0 Å². The summed E-state index contributed by atoms with van der Waals surface area (Å²) in [5, 5.41) is 1.06. The summed E-state index contributed by atoms with van der Waals surface area (Å²) in [5.74, 6) is 0. The van der Waals surface area contributed by atoms with Gasteiger partial charge in [-0.3, -0.25) is 0 Å². The molecule has 2 aliphatic carbocycles. The Hall–Kier alpha value is 0.350. The minimum absolute atomic E-state index is 0.874. The molecule has 0 heterocycles. The van der Waals surface area contributed by atoms with Gasteiger partial charge in [0.2, 0.25) is 0 Å². The van der Waals surface area contributed by atoms with Crippen LogP contribution in [0, 0.1) is 5.41 Å². The average Bonchev–Trinajstić information content (AvgIpc) is 2.30. The molecule has 0 aromatic carbocycles. The van der Waals surface area contributed by atoms with Crippen LogP contribution in [0.3, 0.4) is 0 Å². The fourth-order valence-electron chi connectivity index (χ4n) is 2.25. The van der Waals surface area contributed by atoms with Crippen molar-refractivity contribution in [2.45, 2.75) is 37.4 Å². The van der Waals surface area contributed by atoms with Gasteiger partial charge in [0.25, 0.3) is 0 Å². The van der Waals surface area contributed by atoms with Crippen LogP contribution in [0.1, 0.15) is 32.1 Å². The Bertz CT molecular complexity index is 114. The van der Waals surface area contributed by atoms with Gasteiger partial charge in [-0.1, -0.05) is 12.8 Å².